The number of hydrogen-bond donors (Lipinski definition) is 2. The molecule has 0 saturated carbocycles. The second kappa shape index (κ2) is 6.45. The molecule has 2 rings (SSSR count). The summed E-state index contributed by atoms with van der Waals surface area (Å²) in [7, 11) is 1.62. The van der Waals surface area contributed by atoms with Gasteiger partial charge in [-0.3, -0.25) is 9.69 Å². The first-order chi connectivity index (χ1) is 9.95. The first kappa shape index (κ1) is 15.8. The highest BCUT2D eigenvalue weighted by Crippen LogP contribution is 2.27. The predicted molar refractivity (Wildman–Crippen MR) is 84.9 cm³/mol. The molecule has 0 bridgehead atoms. The van der Waals surface area contributed by atoms with Crippen LogP contribution in [-0.2, 0) is 4.79 Å². The Kier molecular flexibility index (Phi) is 4.85. The van der Waals surface area contributed by atoms with Crippen LogP contribution in [0.3, 0.4) is 0 Å². The van der Waals surface area contributed by atoms with Crippen molar-refractivity contribution in [3.8, 4) is 5.75 Å². The molecular weight excluding hydrogens is 266 g/mol. The Morgan fingerprint density at radius 3 is 2.62 bits per heavy atom. The van der Waals surface area contributed by atoms with Gasteiger partial charge in [0.25, 0.3) is 0 Å². The summed E-state index contributed by atoms with van der Waals surface area (Å²) in [6.07, 6.45) is 0. The second-order valence-electron chi connectivity index (χ2n) is 5.95. The maximum atomic E-state index is 12.7. The normalized spacial score (nSPS) is 16.6. The number of ether oxygens (including phenoxy) is 1. The number of hydrogen-bond acceptors (Lipinski definition) is 4. The Morgan fingerprint density at radius 2 is 2.00 bits per heavy atom. The second-order valence-corrected chi connectivity index (χ2v) is 5.95. The molecule has 2 N–H and O–H groups in total. The average Bonchev–Trinajstić information content (AvgIpc) is 2.49. The Morgan fingerprint density at radius 1 is 1.33 bits per heavy atom. The van der Waals surface area contributed by atoms with Crippen LogP contribution in [0, 0.1) is 6.92 Å². The molecule has 1 amide bonds. The molecule has 5 nitrogen and oxygen atoms in total. The molecule has 1 aliphatic rings. The average molecular weight is 291 g/mol. The zero-order chi connectivity index (χ0) is 15.5. The maximum absolute atomic E-state index is 12.7. The number of nitrogens with zero attached hydrogens (tertiary/aromatic N) is 1. The van der Waals surface area contributed by atoms with Crippen molar-refractivity contribution in [2.24, 2.45) is 0 Å². The van der Waals surface area contributed by atoms with Crippen LogP contribution in [-0.4, -0.2) is 49.6 Å². The molecule has 1 aromatic carbocycles. The third-order valence-electron chi connectivity index (χ3n) is 4.07. The number of nitrogens with one attached hydrogen (secondary N) is 2. The molecule has 0 aromatic heterocycles. The molecule has 0 atom stereocenters. The minimum Gasteiger partial charge on any atom is -0.495 e. The molecule has 1 fully saturated rings. The summed E-state index contributed by atoms with van der Waals surface area (Å²) in [5.41, 5.74) is 1.28. The summed E-state index contributed by atoms with van der Waals surface area (Å²) < 4.78 is 5.35. The predicted octanol–water partition coefficient (Wildman–Crippen LogP) is 1.63. The van der Waals surface area contributed by atoms with E-state index in [1.54, 1.807) is 7.11 Å². The summed E-state index contributed by atoms with van der Waals surface area (Å²) in [5.74, 6) is 0.686. The molecule has 0 radical (unpaired) electrons. The number of methoxy groups -OCH3 is 1. The molecule has 1 heterocycles. The van der Waals surface area contributed by atoms with Crippen LogP contribution in [0.5, 0.6) is 5.75 Å². The Bertz CT molecular complexity index is 508. The first-order valence-electron chi connectivity index (χ1n) is 7.37. The number of carbonyl (C=O) groups is 1. The quantitative estimate of drug-likeness (QED) is 0.885. The van der Waals surface area contributed by atoms with Gasteiger partial charge < -0.3 is 15.4 Å². The molecule has 116 valence electrons. The van der Waals surface area contributed by atoms with Crippen LogP contribution >= 0.6 is 0 Å². The highest BCUT2D eigenvalue weighted by atomic mass is 16.5. The van der Waals surface area contributed by atoms with Crippen LogP contribution in [0.15, 0.2) is 18.2 Å². The van der Waals surface area contributed by atoms with Crippen molar-refractivity contribution in [1.29, 1.82) is 0 Å². The summed E-state index contributed by atoms with van der Waals surface area (Å²) >= 11 is 0. The maximum Gasteiger partial charge on any atom is 0.244 e. The van der Waals surface area contributed by atoms with Gasteiger partial charge in [-0.25, -0.2) is 0 Å². The Labute approximate surface area is 126 Å². The lowest BCUT2D eigenvalue weighted by atomic mass is 10.00. The third kappa shape index (κ3) is 3.54. The summed E-state index contributed by atoms with van der Waals surface area (Å²) in [6, 6.07) is 5.78. The molecule has 1 aromatic rings. The number of carbonyl (C=O) groups excluding carboxylic acids is 1. The summed E-state index contributed by atoms with van der Waals surface area (Å²) in [4.78, 5) is 14.9. The van der Waals surface area contributed by atoms with E-state index in [-0.39, 0.29) is 5.91 Å². The van der Waals surface area contributed by atoms with Crippen molar-refractivity contribution in [3.05, 3.63) is 23.8 Å². The number of piperazine rings is 1. The van der Waals surface area contributed by atoms with E-state index in [4.69, 9.17) is 4.74 Å². The standard InChI is InChI=1S/C16H25N3O2/c1-12-5-6-13(14(11-12)21-4)18-15(20)16(2,3)19-9-7-17-8-10-19/h5-6,11,17H,7-10H2,1-4H3,(H,18,20). The fourth-order valence-electron chi connectivity index (χ4n) is 2.54. The van der Waals surface area contributed by atoms with E-state index in [1.165, 1.54) is 0 Å². The van der Waals surface area contributed by atoms with E-state index in [9.17, 15) is 4.79 Å². The van der Waals surface area contributed by atoms with Gasteiger partial charge in [-0.1, -0.05) is 6.07 Å². The molecule has 1 aliphatic heterocycles. The lowest BCUT2D eigenvalue weighted by Crippen LogP contribution is -2.58. The van der Waals surface area contributed by atoms with Gasteiger partial charge in [0.2, 0.25) is 5.91 Å². The van der Waals surface area contributed by atoms with Gasteiger partial charge in [0.1, 0.15) is 5.75 Å². The van der Waals surface area contributed by atoms with Gasteiger partial charge in [0, 0.05) is 26.2 Å². The minimum absolute atomic E-state index is 0.00782. The van der Waals surface area contributed by atoms with Crippen molar-refractivity contribution in [2.45, 2.75) is 26.3 Å². The fourth-order valence-corrected chi connectivity index (χ4v) is 2.54. The topological polar surface area (TPSA) is 53.6 Å². The van der Waals surface area contributed by atoms with E-state index in [2.05, 4.69) is 15.5 Å². The molecule has 21 heavy (non-hydrogen) atoms. The van der Waals surface area contributed by atoms with Crippen molar-refractivity contribution in [1.82, 2.24) is 10.2 Å². The highest BCUT2D eigenvalue weighted by Gasteiger charge is 2.35. The van der Waals surface area contributed by atoms with Gasteiger partial charge in [-0.05, 0) is 38.5 Å². The molecule has 0 spiro atoms. The van der Waals surface area contributed by atoms with Crippen LogP contribution in [0.4, 0.5) is 5.69 Å². The number of benzene rings is 1. The molecule has 0 unspecified atom stereocenters. The zero-order valence-corrected chi connectivity index (χ0v) is 13.3. The highest BCUT2D eigenvalue weighted by molar-refractivity contribution is 5.98. The van der Waals surface area contributed by atoms with Crippen molar-refractivity contribution < 1.29 is 9.53 Å². The Hall–Kier alpha value is -1.59. The van der Waals surface area contributed by atoms with Crippen LogP contribution < -0.4 is 15.4 Å². The third-order valence-corrected chi connectivity index (χ3v) is 4.07. The van der Waals surface area contributed by atoms with E-state index in [1.807, 2.05) is 39.0 Å². The lowest BCUT2D eigenvalue weighted by Gasteiger charge is -2.39. The van der Waals surface area contributed by atoms with E-state index in [0.717, 1.165) is 37.4 Å². The van der Waals surface area contributed by atoms with Crippen molar-refractivity contribution in [2.75, 3.05) is 38.6 Å². The number of anilines is 1. The molecular formula is C16H25N3O2. The largest absolute Gasteiger partial charge is 0.495 e. The summed E-state index contributed by atoms with van der Waals surface area (Å²) in [6.45, 7) is 9.54. The zero-order valence-electron chi connectivity index (χ0n) is 13.3. The lowest BCUT2D eigenvalue weighted by molar-refractivity contribution is -0.126. The molecule has 0 aliphatic carbocycles. The van der Waals surface area contributed by atoms with Crippen molar-refractivity contribution in [3.63, 3.8) is 0 Å². The van der Waals surface area contributed by atoms with Crippen LogP contribution in [0.1, 0.15) is 19.4 Å². The molecule has 5 heteroatoms. The van der Waals surface area contributed by atoms with E-state index in [0.29, 0.717) is 5.75 Å². The van der Waals surface area contributed by atoms with E-state index >= 15 is 0 Å². The van der Waals surface area contributed by atoms with Gasteiger partial charge in [-0.15, -0.1) is 0 Å². The minimum atomic E-state index is -0.544. The monoisotopic (exact) mass is 291 g/mol. The SMILES string of the molecule is COc1cc(C)ccc1NC(=O)C(C)(C)N1CCNCC1. The fraction of sp³-hybridized carbons (Fsp3) is 0.562. The van der Waals surface area contributed by atoms with Gasteiger partial charge in [0.05, 0.1) is 18.3 Å². The smallest absolute Gasteiger partial charge is 0.244 e. The van der Waals surface area contributed by atoms with Gasteiger partial charge in [0.15, 0.2) is 0 Å². The van der Waals surface area contributed by atoms with Crippen LogP contribution in [0.2, 0.25) is 0 Å². The van der Waals surface area contributed by atoms with Crippen LogP contribution in [0.25, 0.3) is 0 Å². The number of amides is 1. The van der Waals surface area contributed by atoms with E-state index < -0.39 is 5.54 Å². The molecule has 1 saturated heterocycles. The Balaban J connectivity index is 2.13. The summed E-state index contributed by atoms with van der Waals surface area (Å²) in [5, 5.41) is 6.31. The van der Waals surface area contributed by atoms with Gasteiger partial charge in [-0.2, -0.15) is 0 Å². The van der Waals surface area contributed by atoms with Gasteiger partial charge >= 0.3 is 0 Å². The number of rotatable bonds is 4. The first-order valence-corrected chi connectivity index (χ1v) is 7.37. The number of aryl methyl sites for hydroxylation is 1. The van der Waals surface area contributed by atoms with Crippen molar-refractivity contribution >= 4 is 11.6 Å².